The number of halogens is 1. The molecular formula is C7H3BrN2O2. The predicted molar refractivity (Wildman–Crippen MR) is 43.6 cm³/mol. The first-order chi connectivity index (χ1) is 5.65. The Bertz CT molecular complexity index is 370. The predicted octanol–water partition coefficient (Wildman–Crippen LogP) is 1.41. The van der Waals surface area contributed by atoms with Gasteiger partial charge in [-0.25, -0.2) is 9.78 Å². The van der Waals surface area contributed by atoms with Crippen molar-refractivity contribution in [2.45, 2.75) is 0 Å². The third kappa shape index (κ3) is 1.60. The van der Waals surface area contributed by atoms with E-state index in [4.69, 9.17) is 10.4 Å². The molecule has 0 saturated carbocycles. The summed E-state index contributed by atoms with van der Waals surface area (Å²) in [4.78, 5) is 14.1. The molecule has 60 valence electrons. The summed E-state index contributed by atoms with van der Waals surface area (Å²) in [6, 6.07) is 4.66. The van der Waals surface area contributed by atoms with Crippen LogP contribution in [0.4, 0.5) is 0 Å². The number of carbonyl (C=O) groups is 1. The minimum Gasteiger partial charge on any atom is -0.476 e. The van der Waals surface area contributed by atoms with Crippen LogP contribution in [0.15, 0.2) is 16.7 Å². The van der Waals surface area contributed by atoms with E-state index in [-0.39, 0.29) is 11.3 Å². The van der Waals surface area contributed by atoms with Crippen LogP contribution in [0.3, 0.4) is 0 Å². The molecule has 0 radical (unpaired) electrons. The number of nitriles is 1. The Labute approximate surface area is 76.6 Å². The van der Waals surface area contributed by atoms with E-state index >= 15 is 0 Å². The minimum atomic E-state index is -1.20. The topological polar surface area (TPSA) is 74.0 Å². The molecule has 0 saturated heterocycles. The van der Waals surface area contributed by atoms with Crippen LogP contribution in [-0.4, -0.2) is 16.1 Å². The molecule has 12 heavy (non-hydrogen) atoms. The zero-order valence-electron chi connectivity index (χ0n) is 5.78. The largest absolute Gasteiger partial charge is 0.476 e. The lowest BCUT2D eigenvalue weighted by atomic mass is 10.2. The van der Waals surface area contributed by atoms with E-state index in [9.17, 15) is 4.79 Å². The van der Waals surface area contributed by atoms with Crippen molar-refractivity contribution >= 4 is 21.9 Å². The maximum atomic E-state index is 10.5. The van der Waals surface area contributed by atoms with E-state index in [1.807, 2.05) is 0 Å². The van der Waals surface area contributed by atoms with Crippen LogP contribution in [0.5, 0.6) is 0 Å². The van der Waals surface area contributed by atoms with Gasteiger partial charge in [-0.05, 0) is 28.1 Å². The fourth-order valence-electron chi connectivity index (χ4n) is 0.689. The molecule has 0 aromatic carbocycles. The number of aromatic carboxylic acids is 1. The molecule has 1 rings (SSSR count). The molecular weight excluding hydrogens is 224 g/mol. The van der Waals surface area contributed by atoms with E-state index in [1.54, 1.807) is 6.07 Å². The molecule has 0 fully saturated rings. The van der Waals surface area contributed by atoms with Crippen molar-refractivity contribution in [3.05, 3.63) is 28.0 Å². The first-order valence-corrected chi connectivity index (χ1v) is 3.74. The van der Waals surface area contributed by atoms with E-state index in [0.29, 0.717) is 4.60 Å². The third-order valence-corrected chi connectivity index (χ3v) is 1.63. The second kappa shape index (κ2) is 3.32. The molecule has 1 aromatic rings. The van der Waals surface area contributed by atoms with Gasteiger partial charge >= 0.3 is 5.97 Å². The van der Waals surface area contributed by atoms with Crippen LogP contribution in [0, 0.1) is 11.3 Å². The Balaban J connectivity index is 3.34. The van der Waals surface area contributed by atoms with Gasteiger partial charge in [0.2, 0.25) is 0 Å². The molecule has 0 aliphatic heterocycles. The number of aromatic nitrogens is 1. The average molecular weight is 227 g/mol. The number of nitrogens with zero attached hydrogens (tertiary/aromatic N) is 2. The highest BCUT2D eigenvalue weighted by Gasteiger charge is 2.11. The molecule has 1 aromatic heterocycles. The Morgan fingerprint density at radius 1 is 1.67 bits per heavy atom. The Morgan fingerprint density at radius 2 is 2.33 bits per heavy atom. The smallest absolute Gasteiger partial charge is 0.355 e. The van der Waals surface area contributed by atoms with Crippen molar-refractivity contribution in [3.8, 4) is 6.07 Å². The van der Waals surface area contributed by atoms with E-state index < -0.39 is 5.97 Å². The van der Waals surface area contributed by atoms with E-state index in [2.05, 4.69) is 20.9 Å². The molecule has 0 aliphatic rings. The Kier molecular flexibility index (Phi) is 2.41. The Morgan fingerprint density at radius 3 is 2.83 bits per heavy atom. The number of pyridine rings is 1. The van der Waals surface area contributed by atoms with Crippen molar-refractivity contribution < 1.29 is 9.90 Å². The summed E-state index contributed by atoms with van der Waals surface area (Å²) in [5.41, 5.74) is -0.169. The van der Waals surface area contributed by atoms with Gasteiger partial charge in [0.05, 0.1) is 5.56 Å². The molecule has 0 bridgehead atoms. The molecule has 0 aliphatic carbocycles. The van der Waals surface area contributed by atoms with Crippen LogP contribution >= 0.6 is 15.9 Å². The van der Waals surface area contributed by atoms with Gasteiger partial charge in [0, 0.05) is 0 Å². The van der Waals surface area contributed by atoms with Gasteiger partial charge in [0.25, 0.3) is 0 Å². The summed E-state index contributed by atoms with van der Waals surface area (Å²) >= 11 is 3.01. The van der Waals surface area contributed by atoms with Crippen molar-refractivity contribution in [2.24, 2.45) is 0 Å². The highest BCUT2D eigenvalue weighted by atomic mass is 79.9. The fraction of sp³-hybridized carbons (Fsp3) is 0. The highest BCUT2D eigenvalue weighted by Crippen LogP contribution is 2.11. The standard InChI is InChI=1S/C7H3BrN2O2/c8-5-2-1-4(3-9)6(10-5)7(11)12/h1-2H,(H,11,12). The number of hydrogen-bond donors (Lipinski definition) is 1. The summed E-state index contributed by atoms with van der Waals surface area (Å²) < 4.78 is 0.402. The van der Waals surface area contributed by atoms with Crippen LogP contribution in [0.25, 0.3) is 0 Å². The maximum Gasteiger partial charge on any atom is 0.355 e. The average Bonchev–Trinajstić information content (AvgIpc) is 2.04. The summed E-state index contributed by atoms with van der Waals surface area (Å²) in [6.45, 7) is 0. The normalized spacial score (nSPS) is 9.00. The Hall–Kier alpha value is -1.41. The number of carboxylic acids is 1. The van der Waals surface area contributed by atoms with Gasteiger partial charge in [-0.2, -0.15) is 5.26 Å². The molecule has 0 spiro atoms. The van der Waals surface area contributed by atoms with Crippen LogP contribution in [0.2, 0.25) is 0 Å². The highest BCUT2D eigenvalue weighted by molar-refractivity contribution is 9.10. The number of carboxylic acid groups (broad SMARTS) is 1. The first-order valence-electron chi connectivity index (χ1n) is 2.95. The second-order valence-corrected chi connectivity index (χ2v) is 2.76. The van der Waals surface area contributed by atoms with Gasteiger partial charge in [-0.15, -0.1) is 0 Å². The molecule has 0 atom stereocenters. The van der Waals surface area contributed by atoms with Gasteiger partial charge in [-0.1, -0.05) is 0 Å². The SMILES string of the molecule is N#Cc1ccc(Br)nc1C(=O)O. The van der Waals surface area contributed by atoms with Crippen molar-refractivity contribution in [1.29, 1.82) is 5.26 Å². The zero-order valence-corrected chi connectivity index (χ0v) is 7.37. The zero-order chi connectivity index (χ0) is 9.14. The van der Waals surface area contributed by atoms with Gasteiger partial charge < -0.3 is 5.11 Å². The molecule has 4 nitrogen and oxygen atoms in total. The van der Waals surface area contributed by atoms with Crippen LogP contribution in [-0.2, 0) is 0 Å². The monoisotopic (exact) mass is 226 g/mol. The maximum absolute atomic E-state index is 10.5. The summed E-state index contributed by atoms with van der Waals surface area (Å²) in [7, 11) is 0. The van der Waals surface area contributed by atoms with Crippen molar-refractivity contribution in [2.75, 3.05) is 0 Å². The van der Waals surface area contributed by atoms with Gasteiger partial charge in [0.1, 0.15) is 10.7 Å². The quantitative estimate of drug-likeness (QED) is 0.736. The lowest BCUT2D eigenvalue weighted by Crippen LogP contribution is -2.03. The lowest BCUT2D eigenvalue weighted by molar-refractivity contribution is 0.0690. The number of rotatable bonds is 1. The third-order valence-electron chi connectivity index (χ3n) is 1.18. The van der Waals surface area contributed by atoms with Crippen molar-refractivity contribution in [1.82, 2.24) is 4.98 Å². The molecule has 1 heterocycles. The summed E-state index contributed by atoms with van der Waals surface area (Å²) in [5, 5.41) is 17.1. The summed E-state index contributed by atoms with van der Waals surface area (Å²) in [6.07, 6.45) is 0. The minimum absolute atomic E-state index is 0.0608. The van der Waals surface area contributed by atoms with E-state index in [1.165, 1.54) is 12.1 Å². The molecule has 5 heteroatoms. The molecule has 0 unspecified atom stereocenters. The molecule has 0 amide bonds. The van der Waals surface area contributed by atoms with Crippen LogP contribution < -0.4 is 0 Å². The van der Waals surface area contributed by atoms with Gasteiger partial charge in [0.15, 0.2) is 5.69 Å². The summed E-state index contributed by atoms with van der Waals surface area (Å²) in [5.74, 6) is -1.20. The fourth-order valence-corrected chi connectivity index (χ4v) is 0.998. The first kappa shape index (κ1) is 8.68. The lowest BCUT2D eigenvalue weighted by Gasteiger charge is -1.96. The second-order valence-electron chi connectivity index (χ2n) is 1.95. The van der Waals surface area contributed by atoms with Gasteiger partial charge in [-0.3, -0.25) is 0 Å². The molecule has 1 N–H and O–H groups in total. The van der Waals surface area contributed by atoms with Crippen molar-refractivity contribution in [3.63, 3.8) is 0 Å². The van der Waals surface area contributed by atoms with Crippen LogP contribution in [0.1, 0.15) is 16.1 Å². The number of hydrogen-bond acceptors (Lipinski definition) is 3. The van der Waals surface area contributed by atoms with E-state index in [0.717, 1.165) is 0 Å².